The van der Waals surface area contributed by atoms with Crippen LogP contribution in [0.5, 0.6) is 0 Å². The summed E-state index contributed by atoms with van der Waals surface area (Å²) in [6, 6.07) is 9.90. The van der Waals surface area contributed by atoms with Crippen molar-refractivity contribution in [3.05, 3.63) is 69.9 Å². The number of hydrogen-bond acceptors (Lipinski definition) is 3. The Morgan fingerprint density at radius 1 is 1.33 bits per heavy atom. The van der Waals surface area contributed by atoms with E-state index in [2.05, 4.69) is 9.97 Å². The van der Waals surface area contributed by atoms with Crippen molar-refractivity contribution < 1.29 is 4.79 Å². The number of aromatic amines is 1. The smallest absolute Gasteiger partial charge is 0.263 e. The van der Waals surface area contributed by atoms with E-state index in [0.717, 1.165) is 18.4 Å². The van der Waals surface area contributed by atoms with E-state index < -0.39 is 0 Å². The predicted molar refractivity (Wildman–Crippen MR) is 93.9 cm³/mol. The van der Waals surface area contributed by atoms with Crippen LogP contribution in [-0.2, 0) is 0 Å². The molecule has 24 heavy (non-hydrogen) atoms. The lowest BCUT2D eigenvalue weighted by atomic mass is 10.2. The normalized spacial score (nSPS) is 14.0. The average Bonchev–Trinajstić information content (AvgIpc) is 3.44. The maximum atomic E-state index is 12.6. The minimum Gasteiger partial charge on any atom is -0.335 e. The molecule has 1 heterocycles. The predicted octanol–water partition coefficient (Wildman–Crippen LogP) is 2.82. The number of amides is 1. The van der Waals surface area contributed by atoms with Crippen LogP contribution >= 0.6 is 0 Å². The second-order valence-electron chi connectivity index (χ2n) is 5.94. The van der Waals surface area contributed by atoms with E-state index >= 15 is 0 Å². The van der Waals surface area contributed by atoms with Gasteiger partial charge in [-0.2, -0.15) is 0 Å². The van der Waals surface area contributed by atoms with Gasteiger partial charge in [-0.05, 0) is 25.3 Å². The molecular weight excluding hydrogens is 302 g/mol. The third-order valence-electron chi connectivity index (χ3n) is 4.12. The number of nitrogens with one attached hydrogen (secondary N) is 1. The van der Waals surface area contributed by atoms with Gasteiger partial charge in [-0.25, -0.2) is 4.98 Å². The summed E-state index contributed by atoms with van der Waals surface area (Å²) in [5.41, 5.74) is 0.839. The molecular formula is C19H21N3O2. The van der Waals surface area contributed by atoms with Crippen LogP contribution in [0.15, 0.2) is 47.4 Å². The number of aromatic nitrogens is 2. The summed E-state index contributed by atoms with van der Waals surface area (Å²) in [6.07, 6.45) is 7.42. The van der Waals surface area contributed by atoms with Gasteiger partial charge in [0, 0.05) is 25.2 Å². The third kappa shape index (κ3) is 3.79. The Morgan fingerprint density at radius 3 is 2.71 bits per heavy atom. The Morgan fingerprint density at radius 2 is 2.08 bits per heavy atom. The molecule has 1 aromatic heterocycles. The molecule has 1 fully saturated rings. The highest BCUT2D eigenvalue weighted by molar-refractivity contribution is 5.93. The van der Waals surface area contributed by atoms with E-state index in [9.17, 15) is 9.59 Å². The Kier molecular flexibility index (Phi) is 4.89. The van der Waals surface area contributed by atoms with E-state index in [0.29, 0.717) is 24.8 Å². The maximum Gasteiger partial charge on any atom is 0.263 e. The van der Waals surface area contributed by atoms with Crippen molar-refractivity contribution in [2.24, 2.45) is 0 Å². The SMILES string of the molecule is CCN(C/C=C/c1ccccc1)C(=O)c1cnc(C2CC2)[nH]c1=O. The van der Waals surface area contributed by atoms with Gasteiger partial charge in [-0.15, -0.1) is 0 Å². The van der Waals surface area contributed by atoms with E-state index in [-0.39, 0.29) is 17.0 Å². The Labute approximate surface area is 141 Å². The summed E-state index contributed by atoms with van der Waals surface area (Å²) in [5.74, 6) is 0.771. The van der Waals surface area contributed by atoms with Gasteiger partial charge in [-0.3, -0.25) is 9.59 Å². The highest BCUT2D eigenvalue weighted by Gasteiger charge is 2.27. The van der Waals surface area contributed by atoms with Crippen LogP contribution in [0.25, 0.3) is 6.08 Å². The van der Waals surface area contributed by atoms with Crippen molar-refractivity contribution in [1.82, 2.24) is 14.9 Å². The monoisotopic (exact) mass is 323 g/mol. The summed E-state index contributed by atoms with van der Waals surface area (Å²) in [6.45, 7) is 2.88. The number of carbonyl (C=O) groups is 1. The zero-order chi connectivity index (χ0) is 16.9. The first-order valence-electron chi connectivity index (χ1n) is 8.29. The maximum absolute atomic E-state index is 12.6. The second kappa shape index (κ2) is 7.25. The van der Waals surface area contributed by atoms with Crippen molar-refractivity contribution in [2.45, 2.75) is 25.7 Å². The zero-order valence-electron chi connectivity index (χ0n) is 13.7. The topological polar surface area (TPSA) is 66.1 Å². The third-order valence-corrected chi connectivity index (χ3v) is 4.12. The van der Waals surface area contributed by atoms with Crippen LogP contribution in [-0.4, -0.2) is 33.9 Å². The van der Waals surface area contributed by atoms with Crippen LogP contribution in [0.2, 0.25) is 0 Å². The summed E-state index contributed by atoms with van der Waals surface area (Å²) in [4.78, 5) is 33.4. The average molecular weight is 323 g/mol. The van der Waals surface area contributed by atoms with Gasteiger partial charge >= 0.3 is 0 Å². The molecule has 0 aliphatic heterocycles. The Hall–Kier alpha value is -2.69. The van der Waals surface area contributed by atoms with Crippen molar-refractivity contribution in [3.63, 3.8) is 0 Å². The molecule has 0 radical (unpaired) electrons. The number of rotatable bonds is 6. The molecule has 1 aliphatic rings. The molecule has 5 heteroatoms. The number of nitrogens with zero attached hydrogens (tertiary/aromatic N) is 2. The number of benzene rings is 1. The quantitative estimate of drug-likeness (QED) is 0.889. The van der Waals surface area contributed by atoms with Gasteiger partial charge in [-0.1, -0.05) is 42.5 Å². The summed E-state index contributed by atoms with van der Waals surface area (Å²) in [5, 5.41) is 0. The van der Waals surface area contributed by atoms with E-state index in [1.807, 2.05) is 49.4 Å². The Bertz CT molecular complexity index is 792. The fraction of sp³-hybridized carbons (Fsp3) is 0.316. The fourth-order valence-electron chi connectivity index (χ4n) is 2.53. The first-order chi connectivity index (χ1) is 11.7. The van der Waals surface area contributed by atoms with Crippen molar-refractivity contribution in [2.75, 3.05) is 13.1 Å². The largest absolute Gasteiger partial charge is 0.335 e. The fourth-order valence-corrected chi connectivity index (χ4v) is 2.53. The Balaban J connectivity index is 1.69. The lowest BCUT2D eigenvalue weighted by Crippen LogP contribution is -2.35. The van der Waals surface area contributed by atoms with E-state index in [4.69, 9.17) is 0 Å². The van der Waals surface area contributed by atoms with Gasteiger partial charge in [0.2, 0.25) is 0 Å². The van der Waals surface area contributed by atoms with E-state index in [1.165, 1.54) is 6.20 Å². The molecule has 1 saturated carbocycles. The van der Waals surface area contributed by atoms with Crippen LogP contribution in [0, 0.1) is 0 Å². The number of likely N-dealkylation sites (N-methyl/N-ethyl adjacent to an activating group) is 1. The van der Waals surface area contributed by atoms with Crippen LogP contribution in [0.3, 0.4) is 0 Å². The van der Waals surface area contributed by atoms with Crippen LogP contribution < -0.4 is 5.56 Å². The van der Waals surface area contributed by atoms with Gasteiger partial charge in [0.05, 0.1) is 0 Å². The van der Waals surface area contributed by atoms with Crippen LogP contribution in [0.4, 0.5) is 0 Å². The molecule has 0 unspecified atom stereocenters. The molecule has 2 aromatic rings. The molecule has 1 aliphatic carbocycles. The standard InChI is InChI=1S/C19H21N3O2/c1-2-22(12-6-9-14-7-4-3-5-8-14)19(24)16-13-20-17(15-10-11-15)21-18(16)23/h3-9,13,15H,2,10-12H2,1H3,(H,20,21,23)/b9-6+. The molecule has 0 bridgehead atoms. The molecule has 1 aromatic carbocycles. The van der Waals surface area contributed by atoms with Gasteiger partial charge in [0.15, 0.2) is 0 Å². The van der Waals surface area contributed by atoms with Crippen molar-refractivity contribution in [3.8, 4) is 0 Å². The zero-order valence-corrected chi connectivity index (χ0v) is 13.7. The highest BCUT2D eigenvalue weighted by atomic mass is 16.2. The first kappa shape index (κ1) is 16.2. The minimum atomic E-state index is -0.345. The first-order valence-corrected chi connectivity index (χ1v) is 8.29. The lowest BCUT2D eigenvalue weighted by Gasteiger charge is -2.18. The van der Waals surface area contributed by atoms with Gasteiger partial charge in [0.25, 0.3) is 11.5 Å². The van der Waals surface area contributed by atoms with Gasteiger partial charge in [0.1, 0.15) is 11.4 Å². The van der Waals surface area contributed by atoms with Gasteiger partial charge < -0.3 is 9.88 Å². The molecule has 124 valence electrons. The molecule has 1 amide bonds. The summed E-state index contributed by atoms with van der Waals surface area (Å²) < 4.78 is 0. The number of H-pyrrole nitrogens is 1. The molecule has 5 nitrogen and oxygen atoms in total. The number of hydrogen-bond donors (Lipinski definition) is 1. The van der Waals surface area contributed by atoms with E-state index in [1.54, 1.807) is 4.90 Å². The molecule has 0 atom stereocenters. The summed E-state index contributed by atoms with van der Waals surface area (Å²) >= 11 is 0. The number of carbonyl (C=O) groups excluding carboxylic acids is 1. The summed E-state index contributed by atoms with van der Waals surface area (Å²) in [7, 11) is 0. The van der Waals surface area contributed by atoms with Crippen molar-refractivity contribution >= 4 is 12.0 Å². The minimum absolute atomic E-state index is 0.106. The lowest BCUT2D eigenvalue weighted by molar-refractivity contribution is 0.0780. The second-order valence-corrected chi connectivity index (χ2v) is 5.94. The molecule has 0 saturated heterocycles. The van der Waals surface area contributed by atoms with Crippen molar-refractivity contribution in [1.29, 1.82) is 0 Å². The molecule has 3 rings (SSSR count). The highest BCUT2D eigenvalue weighted by Crippen LogP contribution is 2.37. The molecule has 1 N–H and O–H groups in total. The molecule has 0 spiro atoms. The van der Waals surface area contributed by atoms with Crippen LogP contribution in [0.1, 0.15) is 47.4 Å².